The number of halogens is 1. The molecule has 1 atom stereocenters. The van der Waals surface area contributed by atoms with Gasteiger partial charge in [-0.05, 0) is 79.0 Å². The predicted octanol–water partition coefficient (Wildman–Crippen LogP) is 4.30. The largest absolute Gasteiger partial charge is 0.330 e. The van der Waals surface area contributed by atoms with Crippen molar-refractivity contribution in [3.63, 3.8) is 0 Å². The summed E-state index contributed by atoms with van der Waals surface area (Å²) in [6, 6.07) is 15.6. The van der Waals surface area contributed by atoms with Gasteiger partial charge in [0.05, 0.1) is 0 Å². The van der Waals surface area contributed by atoms with Gasteiger partial charge in [-0.1, -0.05) is 46.3 Å². The fraction of sp³-hybridized carbons (Fsp3) is 0.368. The summed E-state index contributed by atoms with van der Waals surface area (Å²) in [7, 11) is 0. The highest BCUT2D eigenvalue weighted by molar-refractivity contribution is 9.10. The molecule has 110 valence electrons. The summed E-state index contributed by atoms with van der Waals surface area (Å²) in [5, 5.41) is 0. The number of hydrogen-bond donors (Lipinski definition) is 1. The van der Waals surface area contributed by atoms with Crippen LogP contribution in [-0.4, -0.2) is 6.54 Å². The van der Waals surface area contributed by atoms with E-state index in [1.165, 1.54) is 30.4 Å². The molecular weight excluding hydrogens is 322 g/mol. The van der Waals surface area contributed by atoms with Crippen LogP contribution in [0.4, 0.5) is 0 Å². The normalized spacial score (nSPS) is 15.0. The molecule has 0 amide bonds. The molecule has 0 saturated heterocycles. The van der Waals surface area contributed by atoms with Crippen molar-refractivity contribution in [2.75, 3.05) is 6.54 Å². The first-order valence-corrected chi connectivity index (χ1v) is 8.59. The molecule has 3 rings (SSSR count). The lowest BCUT2D eigenvalue weighted by Crippen LogP contribution is -2.19. The molecule has 0 fully saturated rings. The van der Waals surface area contributed by atoms with Crippen LogP contribution in [-0.2, 0) is 25.7 Å². The number of aryl methyl sites for hydroxylation is 2. The molecule has 0 aromatic heterocycles. The van der Waals surface area contributed by atoms with Crippen LogP contribution in [0.15, 0.2) is 46.9 Å². The minimum atomic E-state index is 0.519. The first-order chi connectivity index (χ1) is 10.2. The van der Waals surface area contributed by atoms with Gasteiger partial charge in [0.25, 0.3) is 0 Å². The Morgan fingerprint density at radius 2 is 1.57 bits per heavy atom. The first-order valence-electron chi connectivity index (χ1n) is 7.80. The lowest BCUT2D eigenvalue weighted by Gasteiger charge is -2.16. The summed E-state index contributed by atoms with van der Waals surface area (Å²) in [4.78, 5) is 0. The molecule has 1 aliphatic rings. The Labute approximate surface area is 135 Å². The average Bonchev–Trinajstić information content (AvgIpc) is 2.96. The van der Waals surface area contributed by atoms with E-state index in [1.807, 2.05) is 0 Å². The van der Waals surface area contributed by atoms with Crippen molar-refractivity contribution in [1.29, 1.82) is 0 Å². The Kier molecular flexibility index (Phi) is 4.77. The summed E-state index contributed by atoms with van der Waals surface area (Å²) in [5.74, 6) is 0.519. The number of benzene rings is 2. The molecule has 0 spiro atoms. The van der Waals surface area contributed by atoms with E-state index in [9.17, 15) is 0 Å². The van der Waals surface area contributed by atoms with Crippen molar-refractivity contribution in [3.05, 3.63) is 69.2 Å². The predicted molar refractivity (Wildman–Crippen MR) is 92.6 cm³/mol. The third-order valence-electron chi connectivity index (χ3n) is 4.46. The van der Waals surface area contributed by atoms with Crippen molar-refractivity contribution in [2.24, 2.45) is 11.7 Å². The SMILES string of the molecule is NCC(Cc1ccc(Br)cc1)Cc1ccc2c(c1)CCC2. The van der Waals surface area contributed by atoms with E-state index in [0.29, 0.717) is 5.92 Å². The maximum absolute atomic E-state index is 6.00. The molecule has 2 aromatic rings. The van der Waals surface area contributed by atoms with Gasteiger partial charge in [0.1, 0.15) is 0 Å². The van der Waals surface area contributed by atoms with E-state index < -0.39 is 0 Å². The molecule has 0 aliphatic heterocycles. The molecule has 21 heavy (non-hydrogen) atoms. The van der Waals surface area contributed by atoms with E-state index >= 15 is 0 Å². The van der Waals surface area contributed by atoms with Crippen molar-refractivity contribution in [2.45, 2.75) is 32.1 Å². The molecule has 0 heterocycles. The van der Waals surface area contributed by atoms with Gasteiger partial charge < -0.3 is 5.73 Å². The zero-order valence-electron chi connectivity index (χ0n) is 12.3. The number of nitrogens with two attached hydrogens (primary N) is 1. The molecule has 2 heteroatoms. The Balaban J connectivity index is 1.68. The summed E-state index contributed by atoms with van der Waals surface area (Å²) < 4.78 is 1.13. The number of rotatable bonds is 5. The van der Waals surface area contributed by atoms with Crippen LogP contribution in [0.3, 0.4) is 0 Å². The van der Waals surface area contributed by atoms with Crippen LogP contribution in [0.2, 0.25) is 0 Å². The summed E-state index contributed by atoms with van der Waals surface area (Å²) in [5.41, 5.74) is 11.9. The monoisotopic (exact) mass is 343 g/mol. The van der Waals surface area contributed by atoms with Gasteiger partial charge in [-0.15, -0.1) is 0 Å². The van der Waals surface area contributed by atoms with E-state index in [2.05, 4.69) is 58.4 Å². The summed E-state index contributed by atoms with van der Waals surface area (Å²) >= 11 is 3.49. The zero-order chi connectivity index (χ0) is 14.7. The van der Waals surface area contributed by atoms with Gasteiger partial charge in [-0.2, -0.15) is 0 Å². The van der Waals surface area contributed by atoms with Crippen LogP contribution in [0.5, 0.6) is 0 Å². The highest BCUT2D eigenvalue weighted by Gasteiger charge is 2.13. The Morgan fingerprint density at radius 3 is 2.33 bits per heavy atom. The van der Waals surface area contributed by atoms with Gasteiger partial charge >= 0.3 is 0 Å². The van der Waals surface area contributed by atoms with Crippen LogP contribution >= 0.6 is 15.9 Å². The fourth-order valence-corrected chi connectivity index (χ4v) is 3.54. The van der Waals surface area contributed by atoms with Crippen molar-refractivity contribution < 1.29 is 0 Å². The second-order valence-electron chi connectivity index (χ2n) is 6.09. The van der Waals surface area contributed by atoms with Crippen molar-refractivity contribution >= 4 is 15.9 Å². The second-order valence-corrected chi connectivity index (χ2v) is 7.01. The van der Waals surface area contributed by atoms with E-state index in [0.717, 1.165) is 23.9 Å². The maximum atomic E-state index is 6.00. The highest BCUT2D eigenvalue weighted by atomic mass is 79.9. The van der Waals surface area contributed by atoms with Gasteiger partial charge in [0.2, 0.25) is 0 Å². The second kappa shape index (κ2) is 6.76. The lowest BCUT2D eigenvalue weighted by atomic mass is 9.91. The van der Waals surface area contributed by atoms with Gasteiger partial charge in [-0.3, -0.25) is 0 Å². The average molecular weight is 344 g/mol. The smallest absolute Gasteiger partial charge is 0.0175 e. The zero-order valence-corrected chi connectivity index (χ0v) is 13.9. The Bertz CT molecular complexity index is 603. The van der Waals surface area contributed by atoms with Crippen molar-refractivity contribution in [1.82, 2.24) is 0 Å². The number of fused-ring (bicyclic) bond motifs is 1. The third-order valence-corrected chi connectivity index (χ3v) is 4.99. The molecular formula is C19H22BrN. The maximum Gasteiger partial charge on any atom is 0.0175 e. The van der Waals surface area contributed by atoms with Crippen LogP contribution in [0.1, 0.15) is 28.7 Å². The molecule has 2 aromatic carbocycles. The molecule has 0 saturated carbocycles. The fourth-order valence-electron chi connectivity index (χ4n) is 3.28. The molecule has 1 nitrogen and oxygen atoms in total. The summed E-state index contributed by atoms with van der Waals surface area (Å²) in [6.45, 7) is 0.743. The van der Waals surface area contributed by atoms with Crippen LogP contribution in [0, 0.1) is 5.92 Å². The van der Waals surface area contributed by atoms with Crippen molar-refractivity contribution in [3.8, 4) is 0 Å². The Morgan fingerprint density at radius 1 is 0.905 bits per heavy atom. The van der Waals surface area contributed by atoms with Crippen LogP contribution in [0.25, 0.3) is 0 Å². The molecule has 1 aliphatic carbocycles. The van der Waals surface area contributed by atoms with Gasteiger partial charge in [0.15, 0.2) is 0 Å². The Hall–Kier alpha value is -1.12. The van der Waals surface area contributed by atoms with E-state index in [1.54, 1.807) is 11.1 Å². The van der Waals surface area contributed by atoms with Gasteiger partial charge in [0, 0.05) is 4.47 Å². The number of hydrogen-bond acceptors (Lipinski definition) is 1. The highest BCUT2D eigenvalue weighted by Crippen LogP contribution is 2.24. The van der Waals surface area contributed by atoms with E-state index in [4.69, 9.17) is 5.73 Å². The topological polar surface area (TPSA) is 26.0 Å². The first kappa shape index (κ1) is 14.8. The minimum Gasteiger partial charge on any atom is -0.330 e. The minimum absolute atomic E-state index is 0.519. The molecule has 0 radical (unpaired) electrons. The standard InChI is InChI=1S/C19H22BrN/c20-19-8-5-14(6-9-19)10-16(13-21)11-15-4-7-17-2-1-3-18(17)12-15/h4-9,12,16H,1-3,10-11,13,21H2. The lowest BCUT2D eigenvalue weighted by molar-refractivity contribution is 0.533. The quantitative estimate of drug-likeness (QED) is 0.860. The van der Waals surface area contributed by atoms with E-state index in [-0.39, 0.29) is 0 Å². The molecule has 1 unspecified atom stereocenters. The molecule has 2 N–H and O–H groups in total. The van der Waals surface area contributed by atoms with Crippen LogP contribution < -0.4 is 5.73 Å². The summed E-state index contributed by atoms with van der Waals surface area (Å²) in [6.07, 6.45) is 5.97. The van der Waals surface area contributed by atoms with Gasteiger partial charge in [-0.25, -0.2) is 0 Å². The molecule has 0 bridgehead atoms. The third kappa shape index (κ3) is 3.75.